The van der Waals surface area contributed by atoms with Crippen molar-refractivity contribution >= 4 is 5.78 Å². The van der Waals surface area contributed by atoms with Crippen LogP contribution in [-0.2, 0) is 9.53 Å². The average Bonchev–Trinajstić information content (AvgIpc) is 2.68. The number of carbonyl (C=O) groups is 1. The molecule has 1 heterocycles. The molecule has 0 saturated heterocycles. The molecule has 0 unspecified atom stereocenters. The van der Waals surface area contributed by atoms with Crippen LogP contribution in [-0.4, -0.2) is 5.78 Å². The molecule has 0 bridgehead atoms. The standard InChI is InChI=1S/C23H19FN2O2/c1-13-2-4-14(5-3-13)16-10-19(27)22-20(11-16)28-23(26)18(12-25)21(22)15-6-8-17(24)9-7-15/h2-9,16,21H,10-11,26H2,1H3/t16-,21-/m0/s1. The van der Waals surface area contributed by atoms with Crippen LogP contribution in [0, 0.1) is 24.1 Å². The molecule has 4 rings (SSSR count). The number of rotatable bonds is 2. The van der Waals surface area contributed by atoms with E-state index in [1.165, 1.54) is 12.1 Å². The van der Waals surface area contributed by atoms with Gasteiger partial charge in [-0.25, -0.2) is 4.39 Å². The molecule has 5 heteroatoms. The number of carbonyl (C=O) groups excluding carboxylic acids is 1. The van der Waals surface area contributed by atoms with E-state index in [-0.39, 0.29) is 29.0 Å². The van der Waals surface area contributed by atoms with Gasteiger partial charge in [-0.15, -0.1) is 0 Å². The fraction of sp³-hybridized carbons (Fsp3) is 0.217. The Labute approximate surface area is 162 Å². The largest absolute Gasteiger partial charge is 0.444 e. The van der Waals surface area contributed by atoms with Gasteiger partial charge in [0.25, 0.3) is 0 Å². The molecular formula is C23H19FN2O2. The van der Waals surface area contributed by atoms with Crippen LogP contribution in [0.3, 0.4) is 0 Å². The first-order valence-electron chi connectivity index (χ1n) is 9.13. The molecule has 0 spiro atoms. The molecule has 140 valence electrons. The van der Waals surface area contributed by atoms with E-state index < -0.39 is 5.92 Å². The van der Waals surface area contributed by atoms with Crippen LogP contribution in [0.15, 0.2) is 71.3 Å². The van der Waals surface area contributed by atoms with Crippen molar-refractivity contribution in [3.05, 3.63) is 93.8 Å². The van der Waals surface area contributed by atoms with E-state index in [2.05, 4.69) is 6.07 Å². The number of aryl methyl sites for hydroxylation is 1. The molecular weight excluding hydrogens is 355 g/mol. The second kappa shape index (κ2) is 6.97. The quantitative estimate of drug-likeness (QED) is 0.848. The van der Waals surface area contributed by atoms with Crippen LogP contribution in [0.1, 0.15) is 41.4 Å². The first kappa shape index (κ1) is 18.0. The highest BCUT2D eigenvalue weighted by molar-refractivity contribution is 6.00. The minimum absolute atomic E-state index is 0.00264. The summed E-state index contributed by atoms with van der Waals surface area (Å²) in [5, 5.41) is 9.60. The van der Waals surface area contributed by atoms with Crippen LogP contribution in [0.5, 0.6) is 0 Å². The van der Waals surface area contributed by atoms with Crippen LogP contribution in [0.25, 0.3) is 0 Å². The van der Waals surface area contributed by atoms with Crippen molar-refractivity contribution in [1.29, 1.82) is 5.26 Å². The fourth-order valence-electron chi connectivity index (χ4n) is 3.97. The number of allylic oxidation sites excluding steroid dienone is 3. The summed E-state index contributed by atoms with van der Waals surface area (Å²) in [4.78, 5) is 13.1. The second-order valence-electron chi connectivity index (χ2n) is 7.25. The molecule has 2 atom stereocenters. The maximum absolute atomic E-state index is 13.4. The number of ketones is 1. The highest BCUT2D eigenvalue weighted by Crippen LogP contribution is 2.46. The maximum atomic E-state index is 13.4. The lowest BCUT2D eigenvalue weighted by Gasteiger charge is -2.34. The van der Waals surface area contributed by atoms with Gasteiger partial charge >= 0.3 is 0 Å². The van der Waals surface area contributed by atoms with E-state index in [1.54, 1.807) is 12.1 Å². The fourth-order valence-corrected chi connectivity index (χ4v) is 3.97. The molecule has 0 aromatic heterocycles. The molecule has 2 aromatic rings. The summed E-state index contributed by atoms with van der Waals surface area (Å²) in [5.74, 6) is -0.560. The van der Waals surface area contributed by atoms with Crippen LogP contribution >= 0.6 is 0 Å². The third-order valence-electron chi connectivity index (χ3n) is 5.41. The normalized spacial score (nSPS) is 21.8. The smallest absolute Gasteiger partial charge is 0.205 e. The third-order valence-corrected chi connectivity index (χ3v) is 5.41. The van der Waals surface area contributed by atoms with E-state index >= 15 is 0 Å². The van der Waals surface area contributed by atoms with Crippen molar-refractivity contribution in [2.75, 3.05) is 0 Å². The summed E-state index contributed by atoms with van der Waals surface area (Å²) in [7, 11) is 0. The molecule has 1 aliphatic heterocycles. The predicted molar refractivity (Wildman–Crippen MR) is 102 cm³/mol. The first-order chi connectivity index (χ1) is 13.5. The van der Waals surface area contributed by atoms with Gasteiger partial charge in [-0.2, -0.15) is 5.26 Å². The van der Waals surface area contributed by atoms with Crippen molar-refractivity contribution < 1.29 is 13.9 Å². The lowest BCUT2D eigenvalue weighted by atomic mass is 9.73. The average molecular weight is 374 g/mol. The molecule has 0 radical (unpaired) electrons. The molecule has 2 aromatic carbocycles. The summed E-state index contributed by atoms with van der Waals surface area (Å²) in [6, 6.07) is 16.0. The zero-order chi connectivity index (χ0) is 19.8. The Hall–Kier alpha value is -3.39. The number of nitrogens with two attached hydrogens (primary N) is 1. The SMILES string of the molecule is Cc1ccc([C@H]2CC(=O)C3=C(C2)OC(N)=C(C#N)[C@@H]3c2ccc(F)cc2)cc1. The van der Waals surface area contributed by atoms with Gasteiger partial charge in [-0.1, -0.05) is 42.0 Å². The molecule has 0 fully saturated rings. The van der Waals surface area contributed by atoms with E-state index in [0.717, 1.165) is 11.1 Å². The Morgan fingerprint density at radius 2 is 1.71 bits per heavy atom. The molecule has 0 saturated carbocycles. The van der Waals surface area contributed by atoms with Crippen molar-refractivity contribution in [3.63, 3.8) is 0 Å². The highest BCUT2D eigenvalue weighted by atomic mass is 19.1. The van der Waals surface area contributed by atoms with Gasteiger partial charge in [-0.05, 0) is 36.1 Å². The Morgan fingerprint density at radius 1 is 1.07 bits per heavy atom. The Kier molecular flexibility index (Phi) is 4.48. The van der Waals surface area contributed by atoms with E-state index in [9.17, 15) is 14.4 Å². The van der Waals surface area contributed by atoms with Gasteiger partial charge in [0.15, 0.2) is 5.78 Å². The molecule has 1 aliphatic carbocycles. The summed E-state index contributed by atoms with van der Waals surface area (Å²) < 4.78 is 19.1. The van der Waals surface area contributed by atoms with Gasteiger partial charge in [0.2, 0.25) is 5.88 Å². The number of hydrogen-bond donors (Lipinski definition) is 1. The molecule has 4 nitrogen and oxygen atoms in total. The van der Waals surface area contributed by atoms with E-state index in [4.69, 9.17) is 10.5 Å². The van der Waals surface area contributed by atoms with Crippen LogP contribution < -0.4 is 5.73 Å². The minimum Gasteiger partial charge on any atom is -0.444 e. The molecule has 2 N–H and O–H groups in total. The van der Waals surface area contributed by atoms with Gasteiger partial charge in [0.1, 0.15) is 23.2 Å². The summed E-state index contributed by atoms with van der Waals surface area (Å²) >= 11 is 0. The number of halogens is 1. The molecule has 0 amide bonds. The third kappa shape index (κ3) is 3.07. The lowest BCUT2D eigenvalue weighted by Crippen LogP contribution is -2.29. The maximum Gasteiger partial charge on any atom is 0.205 e. The van der Waals surface area contributed by atoms with E-state index in [1.807, 2.05) is 31.2 Å². The van der Waals surface area contributed by atoms with Gasteiger partial charge < -0.3 is 10.5 Å². The number of ether oxygens (including phenoxy) is 1. The Morgan fingerprint density at radius 3 is 2.36 bits per heavy atom. The second-order valence-corrected chi connectivity index (χ2v) is 7.25. The zero-order valence-electron chi connectivity index (χ0n) is 15.4. The van der Waals surface area contributed by atoms with Gasteiger partial charge in [0.05, 0.1) is 5.92 Å². The number of benzene rings is 2. The van der Waals surface area contributed by atoms with Gasteiger partial charge in [-0.3, -0.25) is 4.79 Å². The molecule has 28 heavy (non-hydrogen) atoms. The highest BCUT2D eigenvalue weighted by Gasteiger charge is 2.40. The zero-order valence-corrected chi connectivity index (χ0v) is 15.4. The summed E-state index contributed by atoms with van der Waals surface area (Å²) in [6.07, 6.45) is 0.864. The van der Waals surface area contributed by atoms with Crippen molar-refractivity contribution in [2.45, 2.75) is 31.6 Å². The first-order valence-corrected chi connectivity index (χ1v) is 9.13. The minimum atomic E-state index is -0.624. The molecule has 2 aliphatic rings. The monoisotopic (exact) mass is 374 g/mol. The van der Waals surface area contributed by atoms with Crippen molar-refractivity contribution in [2.24, 2.45) is 5.73 Å². The number of Topliss-reactive ketones (excluding diaryl/α,β-unsaturated/α-hetero) is 1. The Balaban J connectivity index is 1.77. The predicted octanol–water partition coefficient (Wildman–Crippen LogP) is 4.34. The van der Waals surface area contributed by atoms with Crippen LogP contribution in [0.2, 0.25) is 0 Å². The topological polar surface area (TPSA) is 76.1 Å². The van der Waals surface area contributed by atoms with E-state index in [0.29, 0.717) is 29.7 Å². The van der Waals surface area contributed by atoms with Gasteiger partial charge in [0, 0.05) is 18.4 Å². The number of nitrogens with zero attached hydrogens (tertiary/aromatic N) is 1. The van der Waals surface area contributed by atoms with Crippen molar-refractivity contribution in [1.82, 2.24) is 0 Å². The lowest BCUT2D eigenvalue weighted by molar-refractivity contribution is -0.117. The Bertz CT molecular complexity index is 1040. The summed E-state index contributed by atoms with van der Waals surface area (Å²) in [6.45, 7) is 2.02. The number of nitriles is 1. The number of hydrogen-bond acceptors (Lipinski definition) is 4. The van der Waals surface area contributed by atoms with Crippen molar-refractivity contribution in [3.8, 4) is 6.07 Å². The van der Waals surface area contributed by atoms with Crippen LogP contribution in [0.4, 0.5) is 4.39 Å². The summed E-state index contributed by atoms with van der Waals surface area (Å²) in [5.41, 5.74) is 9.54.